The van der Waals surface area contributed by atoms with Crippen molar-refractivity contribution in [2.24, 2.45) is 11.3 Å². The summed E-state index contributed by atoms with van der Waals surface area (Å²) < 4.78 is 2.68. The molecule has 3 nitrogen and oxygen atoms in total. The zero-order valence-corrected chi connectivity index (χ0v) is 15.1. The molecule has 0 saturated carbocycles. The van der Waals surface area contributed by atoms with Gasteiger partial charge in [-0.1, -0.05) is 26.8 Å². The third kappa shape index (κ3) is 2.84. The van der Waals surface area contributed by atoms with Crippen molar-refractivity contribution in [3.63, 3.8) is 0 Å². The van der Waals surface area contributed by atoms with Crippen molar-refractivity contribution < 1.29 is 0 Å². The summed E-state index contributed by atoms with van der Waals surface area (Å²) in [6.07, 6.45) is 5.52. The van der Waals surface area contributed by atoms with Crippen LogP contribution in [-0.2, 0) is 19.4 Å². The Morgan fingerprint density at radius 2 is 2.32 bits per heavy atom. The number of thiophene rings is 1. The van der Waals surface area contributed by atoms with Gasteiger partial charge in [0.1, 0.15) is 0 Å². The number of hydrogen-bond acceptors (Lipinski definition) is 3. The minimum absolute atomic E-state index is 0.378. The van der Waals surface area contributed by atoms with E-state index in [0.717, 1.165) is 11.7 Å². The van der Waals surface area contributed by atoms with E-state index in [1.165, 1.54) is 34.6 Å². The number of aryl methyl sites for hydroxylation is 1. The molecular formula is C17H23N3S2. The highest BCUT2D eigenvalue weighted by atomic mass is 32.1. The molecule has 0 aliphatic heterocycles. The van der Waals surface area contributed by atoms with E-state index in [2.05, 4.69) is 43.6 Å². The molecule has 2 aromatic rings. The molecule has 1 atom stereocenters. The van der Waals surface area contributed by atoms with Crippen LogP contribution in [0.25, 0.3) is 10.7 Å². The summed E-state index contributed by atoms with van der Waals surface area (Å²) in [6, 6.07) is 2.32. The monoisotopic (exact) mass is 333 g/mol. The summed E-state index contributed by atoms with van der Waals surface area (Å²) in [7, 11) is 0. The Morgan fingerprint density at radius 3 is 3.00 bits per heavy atom. The molecule has 118 valence electrons. The number of nitrogens with zero attached hydrogens (tertiary/aromatic N) is 2. The second kappa shape index (κ2) is 5.78. The third-order valence-electron chi connectivity index (χ3n) is 4.60. The van der Waals surface area contributed by atoms with Gasteiger partial charge in [0.25, 0.3) is 0 Å². The zero-order chi connectivity index (χ0) is 15.9. The summed E-state index contributed by atoms with van der Waals surface area (Å²) in [4.78, 5) is 2.74. The lowest BCUT2D eigenvalue weighted by molar-refractivity contribution is 0.217. The Hall–Kier alpha value is -1.20. The highest BCUT2D eigenvalue weighted by molar-refractivity contribution is 7.71. The first-order valence-electron chi connectivity index (χ1n) is 7.78. The Balaban J connectivity index is 1.95. The van der Waals surface area contributed by atoms with Crippen LogP contribution in [0.3, 0.4) is 0 Å². The summed E-state index contributed by atoms with van der Waals surface area (Å²) in [5.74, 6) is 1.70. The van der Waals surface area contributed by atoms with Gasteiger partial charge in [0.15, 0.2) is 10.6 Å². The maximum Gasteiger partial charge on any atom is 0.195 e. The topological polar surface area (TPSA) is 33.6 Å². The molecule has 2 aromatic heterocycles. The zero-order valence-electron chi connectivity index (χ0n) is 13.5. The second-order valence-electron chi connectivity index (χ2n) is 7.12. The van der Waals surface area contributed by atoms with Crippen LogP contribution in [0, 0.1) is 16.1 Å². The van der Waals surface area contributed by atoms with Crippen molar-refractivity contribution in [1.29, 1.82) is 0 Å². The predicted octanol–water partition coefficient (Wildman–Crippen LogP) is 5.01. The molecule has 0 fully saturated rings. The van der Waals surface area contributed by atoms with Crippen LogP contribution in [0.15, 0.2) is 18.7 Å². The predicted molar refractivity (Wildman–Crippen MR) is 95.9 cm³/mol. The summed E-state index contributed by atoms with van der Waals surface area (Å²) in [5.41, 5.74) is 1.88. The fourth-order valence-corrected chi connectivity index (χ4v) is 4.59. The third-order valence-corrected chi connectivity index (χ3v) is 6.14. The summed E-state index contributed by atoms with van der Waals surface area (Å²) in [6.45, 7) is 11.6. The molecule has 0 bridgehead atoms. The Morgan fingerprint density at radius 1 is 1.55 bits per heavy atom. The van der Waals surface area contributed by atoms with Crippen molar-refractivity contribution in [1.82, 2.24) is 14.8 Å². The molecule has 0 aromatic carbocycles. The van der Waals surface area contributed by atoms with Gasteiger partial charge in [-0.3, -0.25) is 9.67 Å². The SMILES string of the molecule is C=CCn1c(-c2cc3c(s2)CCC(C(C)(C)C)C3)n[nH]c1=S. The average molecular weight is 334 g/mol. The van der Waals surface area contributed by atoms with Gasteiger partial charge < -0.3 is 0 Å². The first kappa shape index (κ1) is 15.7. The number of fused-ring (bicyclic) bond motifs is 1. The van der Waals surface area contributed by atoms with Crippen molar-refractivity contribution >= 4 is 23.6 Å². The minimum atomic E-state index is 0.378. The molecule has 1 aliphatic rings. The summed E-state index contributed by atoms with van der Waals surface area (Å²) >= 11 is 7.19. The molecule has 5 heteroatoms. The number of aromatic nitrogens is 3. The lowest BCUT2D eigenvalue weighted by Gasteiger charge is -2.33. The van der Waals surface area contributed by atoms with E-state index in [4.69, 9.17) is 12.2 Å². The molecule has 0 radical (unpaired) electrons. The van der Waals surface area contributed by atoms with Crippen LogP contribution in [0.1, 0.15) is 37.6 Å². The molecule has 3 rings (SSSR count). The summed E-state index contributed by atoms with van der Waals surface area (Å²) in [5, 5.41) is 7.33. The number of H-pyrrole nitrogens is 1. The lowest BCUT2D eigenvalue weighted by atomic mass is 9.72. The van der Waals surface area contributed by atoms with Crippen molar-refractivity contribution in [3.05, 3.63) is 33.9 Å². The number of nitrogens with one attached hydrogen (secondary N) is 1. The van der Waals surface area contributed by atoms with Crippen LogP contribution < -0.4 is 0 Å². The number of aromatic amines is 1. The quantitative estimate of drug-likeness (QED) is 0.633. The van der Waals surface area contributed by atoms with Crippen LogP contribution in [0.2, 0.25) is 0 Å². The van der Waals surface area contributed by atoms with Crippen molar-refractivity contribution in [2.75, 3.05) is 0 Å². The van der Waals surface area contributed by atoms with Crippen LogP contribution in [-0.4, -0.2) is 14.8 Å². The van der Waals surface area contributed by atoms with Gasteiger partial charge in [-0.2, -0.15) is 5.10 Å². The van der Waals surface area contributed by atoms with Crippen LogP contribution in [0.5, 0.6) is 0 Å². The van der Waals surface area contributed by atoms with Gasteiger partial charge in [0.05, 0.1) is 4.88 Å². The number of hydrogen-bond donors (Lipinski definition) is 1. The highest BCUT2D eigenvalue weighted by Crippen LogP contribution is 2.42. The Kier molecular flexibility index (Phi) is 4.12. The Bertz CT molecular complexity index is 743. The molecule has 0 spiro atoms. The van der Waals surface area contributed by atoms with Crippen LogP contribution in [0.4, 0.5) is 0 Å². The maximum atomic E-state index is 5.32. The fraction of sp³-hybridized carbons (Fsp3) is 0.529. The molecular weight excluding hydrogens is 310 g/mol. The molecule has 1 unspecified atom stereocenters. The van der Waals surface area contributed by atoms with Gasteiger partial charge >= 0.3 is 0 Å². The molecule has 1 N–H and O–H groups in total. The van der Waals surface area contributed by atoms with Gasteiger partial charge in [0, 0.05) is 11.4 Å². The molecule has 1 aliphatic carbocycles. The minimum Gasteiger partial charge on any atom is -0.296 e. The van der Waals surface area contributed by atoms with E-state index in [0.29, 0.717) is 16.7 Å². The lowest BCUT2D eigenvalue weighted by Crippen LogP contribution is -2.26. The first-order valence-corrected chi connectivity index (χ1v) is 9.00. The molecule has 0 amide bonds. The van der Waals surface area contributed by atoms with Crippen molar-refractivity contribution in [3.8, 4) is 10.7 Å². The smallest absolute Gasteiger partial charge is 0.195 e. The standard InChI is InChI=1S/C17H23N3S2/c1-5-8-20-15(18-19-16(20)21)14-10-11-9-12(17(2,3)4)6-7-13(11)22-14/h5,10,12H,1,6-9H2,2-4H3,(H,19,21). The van der Waals surface area contributed by atoms with E-state index in [1.807, 2.05) is 22.0 Å². The maximum absolute atomic E-state index is 5.32. The first-order chi connectivity index (χ1) is 10.4. The van der Waals surface area contributed by atoms with Gasteiger partial charge in [-0.05, 0) is 54.4 Å². The van der Waals surface area contributed by atoms with Gasteiger partial charge in [-0.15, -0.1) is 17.9 Å². The number of allylic oxidation sites excluding steroid dienone is 1. The Labute approximate surface area is 141 Å². The fourth-order valence-electron chi connectivity index (χ4n) is 3.18. The average Bonchev–Trinajstić information content (AvgIpc) is 3.01. The van der Waals surface area contributed by atoms with Gasteiger partial charge in [0.2, 0.25) is 0 Å². The number of rotatable bonds is 3. The molecule has 2 heterocycles. The van der Waals surface area contributed by atoms with Gasteiger partial charge in [-0.25, -0.2) is 0 Å². The largest absolute Gasteiger partial charge is 0.296 e. The van der Waals surface area contributed by atoms with Crippen LogP contribution >= 0.6 is 23.6 Å². The normalized spacial score (nSPS) is 18.2. The van der Waals surface area contributed by atoms with E-state index in [9.17, 15) is 0 Å². The highest BCUT2D eigenvalue weighted by Gasteiger charge is 2.30. The molecule has 0 saturated heterocycles. The second-order valence-corrected chi connectivity index (χ2v) is 8.64. The van der Waals surface area contributed by atoms with Crippen molar-refractivity contribution in [2.45, 2.75) is 46.6 Å². The molecule has 22 heavy (non-hydrogen) atoms. The van der Waals surface area contributed by atoms with E-state index in [1.54, 1.807) is 0 Å². The van der Waals surface area contributed by atoms with E-state index in [-0.39, 0.29) is 0 Å². The van der Waals surface area contributed by atoms with E-state index < -0.39 is 0 Å². The van der Waals surface area contributed by atoms with E-state index >= 15 is 0 Å².